The lowest BCUT2D eigenvalue weighted by Crippen LogP contribution is -2.33. The first kappa shape index (κ1) is 11.8. The van der Waals surface area contributed by atoms with Crippen molar-refractivity contribution >= 4 is 5.91 Å². The highest BCUT2D eigenvalue weighted by molar-refractivity contribution is 5.80. The van der Waals surface area contributed by atoms with Crippen LogP contribution in [0.2, 0.25) is 0 Å². The number of nitrogens with one attached hydrogen (secondary N) is 1. The third kappa shape index (κ3) is 1.94. The molecule has 3 unspecified atom stereocenters. The van der Waals surface area contributed by atoms with E-state index in [1.165, 1.54) is 31.2 Å². The number of benzene rings is 1. The maximum absolute atomic E-state index is 11.9. The Labute approximate surface area is 109 Å². The van der Waals surface area contributed by atoms with Gasteiger partial charge in [0.15, 0.2) is 0 Å². The Bertz CT molecular complexity index is 442. The monoisotopic (exact) mass is 243 g/mol. The van der Waals surface area contributed by atoms with Gasteiger partial charge in [0.2, 0.25) is 5.91 Å². The number of carbonyl (C=O) groups excluding carboxylic acids is 1. The molecule has 0 aromatic heterocycles. The molecule has 1 amide bonds. The van der Waals surface area contributed by atoms with Gasteiger partial charge in [-0.05, 0) is 24.3 Å². The Kier molecular flexibility index (Phi) is 2.89. The Morgan fingerprint density at radius 1 is 1.28 bits per heavy atom. The molecule has 1 N–H and O–H groups in total. The molecule has 1 aromatic rings. The van der Waals surface area contributed by atoms with Crippen LogP contribution in [0.3, 0.4) is 0 Å². The molecule has 1 heterocycles. The highest BCUT2D eigenvalue weighted by atomic mass is 16.2. The molecule has 1 aromatic carbocycles. The summed E-state index contributed by atoms with van der Waals surface area (Å²) in [5, 5.41) is 3.21. The first-order valence-corrected chi connectivity index (χ1v) is 7.04. The summed E-state index contributed by atoms with van der Waals surface area (Å²) >= 11 is 0. The topological polar surface area (TPSA) is 29.1 Å². The molecule has 1 aliphatic carbocycles. The van der Waals surface area contributed by atoms with E-state index in [0.29, 0.717) is 0 Å². The van der Waals surface area contributed by atoms with E-state index < -0.39 is 0 Å². The Balaban J connectivity index is 1.94. The van der Waals surface area contributed by atoms with Crippen molar-refractivity contribution in [3.63, 3.8) is 0 Å². The lowest BCUT2D eigenvalue weighted by atomic mass is 9.64. The van der Waals surface area contributed by atoms with Crippen molar-refractivity contribution < 1.29 is 4.79 Å². The van der Waals surface area contributed by atoms with Crippen molar-refractivity contribution in [3.05, 3.63) is 35.9 Å². The van der Waals surface area contributed by atoms with Gasteiger partial charge in [0.25, 0.3) is 0 Å². The molecule has 2 fully saturated rings. The second kappa shape index (κ2) is 4.42. The smallest absolute Gasteiger partial charge is 0.221 e. The molecule has 0 bridgehead atoms. The van der Waals surface area contributed by atoms with Gasteiger partial charge in [0.1, 0.15) is 0 Å². The first-order chi connectivity index (χ1) is 8.70. The zero-order chi connectivity index (χ0) is 12.6. The molecule has 2 nitrogen and oxygen atoms in total. The number of carbonyl (C=O) groups is 1. The SMILES string of the molecule is CC1CCCC2(CC(=O)NC2c2ccccc2)C1. The first-order valence-electron chi connectivity index (χ1n) is 7.04. The molecule has 2 heteroatoms. The second-order valence-electron chi connectivity index (χ2n) is 6.15. The zero-order valence-corrected chi connectivity index (χ0v) is 11.0. The minimum Gasteiger partial charge on any atom is -0.349 e. The molecule has 2 aliphatic rings. The minimum absolute atomic E-state index is 0.177. The lowest BCUT2D eigenvalue weighted by Gasteiger charge is -2.40. The summed E-state index contributed by atoms with van der Waals surface area (Å²) in [5.74, 6) is 0.982. The van der Waals surface area contributed by atoms with Crippen molar-refractivity contribution in [1.29, 1.82) is 0 Å². The van der Waals surface area contributed by atoms with Crippen LogP contribution >= 0.6 is 0 Å². The van der Waals surface area contributed by atoms with E-state index >= 15 is 0 Å². The number of amides is 1. The van der Waals surface area contributed by atoms with E-state index in [2.05, 4.69) is 36.5 Å². The van der Waals surface area contributed by atoms with Gasteiger partial charge < -0.3 is 5.32 Å². The fourth-order valence-electron chi connectivity index (χ4n) is 3.99. The van der Waals surface area contributed by atoms with Gasteiger partial charge in [0.05, 0.1) is 6.04 Å². The van der Waals surface area contributed by atoms with Crippen molar-refractivity contribution in [2.45, 2.75) is 45.1 Å². The summed E-state index contributed by atoms with van der Waals surface area (Å²) in [5.41, 5.74) is 1.45. The highest BCUT2D eigenvalue weighted by Gasteiger charge is 2.48. The van der Waals surface area contributed by atoms with Crippen LogP contribution < -0.4 is 5.32 Å². The fourth-order valence-corrected chi connectivity index (χ4v) is 3.99. The average molecular weight is 243 g/mol. The van der Waals surface area contributed by atoms with Crippen LogP contribution in [-0.4, -0.2) is 5.91 Å². The molecule has 18 heavy (non-hydrogen) atoms. The Morgan fingerprint density at radius 2 is 2.06 bits per heavy atom. The van der Waals surface area contributed by atoms with Gasteiger partial charge in [-0.1, -0.05) is 50.1 Å². The largest absolute Gasteiger partial charge is 0.349 e. The van der Waals surface area contributed by atoms with Gasteiger partial charge >= 0.3 is 0 Å². The van der Waals surface area contributed by atoms with E-state index in [4.69, 9.17) is 0 Å². The Hall–Kier alpha value is -1.31. The summed E-state index contributed by atoms with van der Waals surface area (Å²) in [4.78, 5) is 11.9. The maximum Gasteiger partial charge on any atom is 0.221 e. The molecule has 3 rings (SSSR count). The van der Waals surface area contributed by atoms with Crippen molar-refractivity contribution in [3.8, 4) is 0 Å². The molecule has 0 radical (unpaired) electrons. The number of hydrogen-bond acceptors (Lipinski definition) is 1. The van der Waals surface area contributed by atoms with Crippen LogP contribution in [0.15, 0.2) is 30.3 Å². The molecular weight excluding hydrogens is 222 g/mol. The van der Waals surface area contributed by atoms with Gasteiger partial charge in [0, 0.05) is 11.8 Å². The maximum atomic E-state index is 11.9. The van der Waals surface area contributed by atoms with E-state index in [0.717, 1.165) is 12.3 Å². The molecular formula is C16H21NO. The summed E-state index contributed by atoms with van der Waals surface area (Å²) in [6, 6.07) is 10.7. The third-order valence-corrected chi connectivity index (χ3v) is 4.69. The standard InChI is InChI=1S/C16H21NO/c1-12-6-5-9-16(10-12)11-14(18)17-15(16)13-7-3-2-4-8-13/h2-4,7-8,12,15H,5-6,9-11H2,1H3,(H,17,18). The predicted molar refractivity (Wildman–Crippen MR) is 72.0 cm³/mol. The fraction of sp³-hybridized carbons (Fsp3) is 0.562. The van der Waals surface area contributed by atoms with Crippen molar-refractivity contribution in [2.75, 3.05) is 0 Å². The summed E-state index contributed by atoms with van der Waals surface area (Å²) in [7, 11) is 0. The normalized spacial score (nSPS) is 35.7. The van der Waals surface area contributed by atoms with E-state index in [1.807, 2.05) is 6.07 Å². The van der Waals surface area contributed by atoms with Crippen molar-refractivity contribution in [2.24, 2.45) is 11.3 Å². The number of hydrogen-bond donors (Lipinski definition) is 1. The van der Waals surface area contributed by atoms with E-state index in [9.17, 15) is 4.79 Å². The van der Waals surface area contributed by atoms with Crippen LogP contribution in [0, 0.1) is 11.3 Å². The highest BCUT2D eigenvalue weighted by Crippen LogP contribution is 2.53. The van der Waals surface area contributed by atoms with Crippen LogP contribution in [0.4, 0.5) is 0 Å². The molecule has 1 saturated carbocycles. The van der Waals surface area contributed by atoms with Gasteiger partial charge in [-0.15, -0.1) is 0 Å². The van der Waals surface area contributed by atoms with Crippen LogP contribution in [0.25, 0.3) is 0 Å². The third-order valence-electron chi connectivity index (χ3n) is 4.69. The molecule has 3 atom stereocenters. The summed E-state index contributed by atoms with van der Waals surface area (Å²) in [6.45, 7) is 2.33. The average Bonchev–Trinajstić information content (AvgIpc) is 2.66. The Morgan fingerprint density at radius 3 is 2.78 bits per heavy atom. The molecule has 1 aliphatic heterocycles. The molecule has 1 saturated heterocycles. The van der Waals surface area contributed by atoms with Crippen LogP contribution in [0.1, 0.15) is 50.6 Å². The predicted octanol–water partition coefficient (Wildman–Crippen LogP) is 3.44. The summed E-state index contributed by atoms with van der Waals surface area (Å²) in [6.07, 6.45) is 5.68. The quantitative estimate of drug-likeness (QED) is 0.804. The van der Waals surface area contributed by atoms with Gasteiger partial charge in [-0.25, -0.2) is 0 Å². The lowest BCUT2D eigenvalue weighted by molar-refractivity contribution is -0.120. The summed E-state index contributed by atoms with van der Waals surface area (Å²) < 4.78 is 0. The van der Waals surface area contributed by atoms with Gasteiger partial charge in [-0.2, -0.15) is 0 Å². The van der Waals surface area contributed by atoms with Crippen LogP contribution in [-0.2, 0) is 4.79 Å². The van der Waals surface area contributed by atoms with Gasteiger partial charge in [-0.3, -0.25) is 4.79 Å². The van der Waals surface area contributed by atoms with Crippen molar-refractivity contribution in [1.82, 2.24) is 5.32 Å². The van der Waals surface area contributed by atoms with Crippen LogP contribution in [0.5, 0.6) is 0 Å². The minimum atomic E-state index is 0.177. The number of rotatable bonds is 1. The van der Waals surface area contributed by atoms with E-state index in [-0.39, 0.29) is 17.4 Å². The second-order valence-corrected chi connectivity index (χ2v) is 6.15. The molecule has 96 valence electrons. The zero-order valence-electron chi connectivity index (χ0n) is 11.0. The molecule has 1 spiro atoms. The van der Waals surface area contributed by atoms with E-state index in [1.54, 1.807) is 0 Å².